The largest absolute Gasteiger partial charge is 0.494 e. The Morgan fingerprint density at radius 2 is 2.09 bits per heavy atom. The van der Waals surface area contributed by atoms with E-state index < -0.39 is 0 Å². The van der Waals surface area contributed by atoms with Gasteiger partial charge in [0.2, 0.25) is 5.13 Å². The molecular weight excluding hydrogens is 314 g/mol. The molecular formula is C16H19N3O3S. The van der Waals surface area contributed by atoms with Crippen LogP contribution in [0, 0.1) is 0 Å². The molecule has 1 aromatic carbocycles. The molecule has 0 amide bonds. The zero-order valence-electron chi connectivity index (χ0n) is 13.3. The lowest BCUT2D eigenvalue weighted by molar-refractivity contribution is 0.0605. The van der Waals surface area contributed by atoms with Crippen LogP contribution in [-0.2, 0) is 11.2 Å². The molecule has 0 fully saturated rings. The van der Waals surface area contributed by atoms with Gasteiger partial charge in [0, 0.05) is 0 Å². The topological polar surface area (TPSA) is 72.8 Å². The van der Waals surface area contributed by atoms with E-state index in [2.05, 4.69) is 15.5 Å². The molecule has 0 saturated carbocycles. The number of aryl methyl sites for hydroxylation is 1. The van der Waals surface area contributed by atoms with Gasteiger partial charge in [0.1, 0.15) is 10.6 Å². The summed E-state index contributed by atoms with van der Waals surface area (Å²) in [5, 5.41) is 4.70. The number of nitrogens with one attached hydrogen (secondary N) is 1. The smallest absolute Gasteiger partial charge is 0.350 e. The van der Waals surface area contributed by atoms with Gasteiger partial charge in [-0.1, -0.05) is 18.3 Å². The van der Waals surface area contributed by atoms with Gasteiger partial charge in [-0.05, 0) is 43.2 Å². The Bertz CT molecular complexity index is 680. The maximum atomic E-state index is 11.7. The highest BCUT2D eigenvalue weighted by molar-refractivity contribution is 7.17. The van der Waals surface area contributed by atoms with Gasteiger partial charge in [0.25, 0.3) is 0 Å². The van der Waals surface area contributed by atoms with Gasteiger partial charge in [0.15, 0.2) is 0 Å². The second-order valence-corrected chi connectivity index (χ2v) is 5.51. The standard InChI is InChI=1S/C16H19N3O3S/c1-4-13-14(15(20)21-3)23-16(18-13)19-17-10-11-6-8-12(9-7-11)22-5-2/h6-10H,4-5H2,1-3H3,(H,18,19)/b17-10-. The van der Waals surface area contributed by atoms with Crippen molar-refractivity contribution in [2.45, 2.75) is 20.3 Å². The molecule has 0 unspecified atom stereocenters. The highest BCUT2D eigenvalue weighted by Gasteiger charge is 2.17. The molecule has 2 aromatic rings. The van der Waals surface area contributed by atoms with Crippen molar-refractivity contribution in [2.24, 2.45) is 5.10 Å². The highest BCUT2D eigenvalue weighted by atomic mass is 32.1. The number of methoxy groups -OCH3 is 1. The molecule has 1 aromatic heterocycles. The molecule has 122 valence electrons. The predicted octanol–water partition coefficient (Wildman–Crippen LogP) is 3.34. The van der Waals surface area contributed by atoms with E-state index in [0.29, 0.717) is 28.7 Å². The van der Waals surface area contributed by atoms with E-state index >= 15 is 0 Å². The fourth-order valence-corrected chi connectivity index (χ4v) is 2.79. The van der Waals surface area contributed by atoms with E-state index in [4.69, 9.17) is 9.47 Å². The average molecular weight is 333 g/mol. The van der Waals surface area contributed by atoms with Crippen molar-refractivity contribution < 1.29 is 14.3 Å². The molecule has 0 radical (unpaired) electrons. The first-order chi connectivity index (χ1) is 11.2. The summed E-state index contributed by atoms with van der Waals surface area (Å²) in [6, 6.07) is 7.60. The van der Waals surface area contributed by atoms with Crippen molar-refractivity contribution in [3.8, 4) is 5.75 Å². The summed E-state index contributed by atoms with van der Waals surface area (Å²) >= 11 is 1.23. The number of carbonyl (C=O) groups is 1. The van der Waals surface area contributed by atoms with Crippen molar-refractivity contribution >= 4 is 28.7 Å². The molecule has 2 rings (SSSR count). The van der Waals surface area contributed by atoms with E-state index in [-0.39, 0.29) is 5.97 Å². The van der Waals surface area contributed by atoms with Crippen LogP contribution in [0.25, 0.3) is 0 Å². The molecule has 0 bridgehead atoms. The van der Waals surface area contributed by atoms with Crippen molar-refractivity contribution in [1.82, 2.24) is 4.98 Å². The zero-order chi connectivity index (χ0) is 16.7. The van der Waals surface area contributed by atoms with Gasteiger partial charge in [-0.2, -0.15) is 5.10 Å². The first-order valence-electron chi connectivity index (χ1n) is 7.27. The monoisotopic (exact) mass is 333 g/mol. The van der Waals surface area contributed by atoms with E-state index in [9.17, 15) is 4.79 Å². The molecule has 0 atom stereocenters. The van der Waals surface area contributed by atoms with Gasteiger partial charge in [-0.15, -0.1) is 0 Å². The Hall–Kier alpha value is -2.41. The van der Waals surface area contributed by atoms with Gasteiger partial charge in [-0.25, -0.2) is 9.78 Å². The third kappa shape index (κ3) is 4.53. The summed E-state index contributed by atoms with van der Waals surface area (Å²) in [5.74, 6) is 0.454. The first-order valence-corrected chi connectivity index (χ1v) is 8.09. The number of ether oxygens (including phenoxy) is 2. The SMILES string of the molecule is CCOc1ccc(/C=N\Nc2nc(CC)c(C(=O)OC)s2)cc1. The van der Waals surface area contributed by atoms with Crippen LogP contribution in [0.5, 0.6) is 5.75 Å². The molecule has 7 heteroatoms. The van der Waals surface area contributed by atoms with Crippen molar-refractivity contribution in [2.75, 3.05) is 19.1 Å². The molecule has 1 heterocycles. The second-order valence-electron chi connectivity index (χ2n) is 4.51. The molecule has 23 heavy (non-hydrogen) atoms. The molecule has 0 aliphatic heterocycles. The number of anilines is 1. The third-order valence-corrected chi connectivity index (χ3v) is 3.95. The normalized spacial score (nSPS) is 10.7. The number of nitrogens with zero attached hydrogens (tertiary/aromatic N) is 2. The van der Waals surface area contributed by atoms with E-state index in [1.165, 1.54) is 18.4 Å². The van der Waals surface area contributed by atoms with E-state index in [1.54, 1.807) is 6.21 Å². The van der Waals surface area contributed by atoms with Crippen LogP contribution in [0.4, 0.5) is 5.13 Å². The lowest BCUT2D eigenvalue weighted by Crippen LogP contribution is -2.01. The van der Waals surface area contributed by atoms with Gasteiger partial charge < -0.3 is 9.47 Å². The number of rotatable bonds is 7. The lowest BCUT2D eigenvalue weighted by Gasteiger charge is -2.01. The number of esters is 1. The van der Waals surface area contributed by atoms with Crippen LogP contribution in [-0.4, -0.2) is 30.9 Å². The van der Waals surface area contributed by atoms with Crippen LogP contribution >= 0.6 is 11.3 Å². The average Bonchev–Trinajstić information content (AvgIpc) is 2.99. The Morgan fingerprint density at radius 1 is 1.35 bits per heavy atom. The van der Waals surface area contributed by atoms with Crippen LogP contribution in [0.3, 0.4) is 0 Å². The Kier molecular flexibility index (Phi) is 6.10. The number of carbonyl (C=O) groups excluding carboxylic acids is 1. The zero-order valence-corrected chi connectivity index (χ0v) is 14.1. The lowest BCUT2D eigenvalue weighted by atomic mass is 10.2. The number of hydrazone groups is 1. The number of aromatic nitrogens is 1. The quantitative estimate of drug-likeness (QED) is 0.478. The molecule has 6 nitrogen and oxygen atoms in total. The first kappa shape index (κ1) is 17.0. The number of hydrogen-bond donors (Lipinski definition) is 1. The van der Waals surface area contributed by atoms with Crippen LogP contribution in [0.2, 0.25) is 0 Å². The fraction of sp³-hybridized carbons (Fsp3) is 0.312. The summed E-state index contributed by atoms with van der Waals surface area (Å²) in [6.45, 7) is 4.52. The van der Waals surface area contributed by atoms with Gasteiger partial charge in [0.05, 0.1) is 25.6 Å². The maximum Gasteiger partial charge on any atom is 0.350 e. The molecule has 0 spiro atoms. The van der Waals surface area contributed by atoms with Crippen molar-refractivity contribution in [3.05, 3.63) is 40.4 Å². The highest BCUT2D eigenvalue weighted by Crippen LogP contribution is 2.24. The maximum absolute atomic E-state index is 11.7. The Balaban J connectivity index is 2.02. The van der Waals surface area contributed by atoms with Gasteiger partial charge >= 0.3 is 5.97 Å². The summed E-state index contributed by atoms with van der Waals surface area (Å²) in [6.07, 6.45) is 2.34. The third-order valence-electron chi connectivity index (χ3n) is 2.97. The number of hydrogen-bond acceptors (Lipinski definition) is 7. The van der Waals surface area contributed by atoms with Crippen LogP contribution in [0.1, 0.15) is 34.8 Å². The predicted molar refractivity (Wildman–Crippen MR) is 91.7 cm³/mol. The molecule has 0 aliphatic rings. The van der Waals surface area contributed by atoms with Crippen LogP contribution in [0.15, 0.2) is 29.4 Å². The summed E-state index contributed by atoms with van der Waals surface area (Å²) < 4.78 is 10.1. The minimum Gasteiger partial charge on any atom is -0.494 e. The second kappa shape index (κ2) is 8.28. The summed E-state index contributed by atoms with van der Waals surface area (Å²) in [5.41, 5.74) is 4.49. The number of benzene rings is 1. The molecule has 0 aliphatic carbocycles. The van der Waals surface area contributed by atoms with Crippen molar-refractivity contribution in [1.29, 1.82) is 0 Å². The minimum absolute atomic E-state index is 0.372. The van der Waals surface area contributed by atoms with E-state index in [0.717, 1.165) is 11.3 Å². The Labute approximate surface area is 139 Å². The molecule has 1 N–H and O–H groups in total. The van der Waals surface area contributed by atoms with Crippen LogP contribution < -0.4 is 10.2 Å². The van der Waals surface area contributed by atoms with Gasteiger partial charge in [-0.3, -0.25) is 5.43 Å². The molecule has 0 saturated heterocycles. The minimum atomic E-state index is -0.372. The summed E-state index contributed by atoms with van der Waals surface area (Å²) in [4.78, 5) is 16.5. The Morgan fingerprint density at radius 3 is 2.70 bits per heavy atom. The summed E-state index contributed by atoms with van der Waals surface area (Å²) in [7, 11) is 1.36. The number of thiazole rings is 1. The fourth-order valence-electron chi connectivity index (χ4n) is 1.87. The van der Waals surface area contributed by atoms with Crippen molar-refractivity contribution in [3.63, 3.8) is 0 Å². The van der Waals surface area contributed by atoms with E-state index in [1.807, 2.05) is 38.1 Å².